The molecule has 2 aliphatic rings. The van der Waals surface area contributed by atoms with Gasteiger partial charge in [-0.1, -0.05) is 76.2 Å². The van der Waals surface area contributed by atoms with Crippen molar-refractivity contribution in [1.82, 2.24) is 0 Å². The molecule has 3 unspecified atom stereocenters. The van der Waals surface area contributed by atoms with Gasteiger partial charge in [0, 0.05) is 10.8 Å². The lowest BCUT2D eigenvalue weighted by Crippen LogP contribution is -2.23. The van der Waals surface area contributed by atoms with Crippen LogP contribution in [0.25, 0.3) is 0 Å². The van der Waals surface area contributed by atoms with Crippen molar-refractivity contribution in [3.8, 4) is 23.0 Å². The van der Waals surface area contributed by atoms with E-state index in [1.54, 1.807) is 0 Å². The molecule has 46 heavy (non-hydrogen) atoms. The second-order valence-corrected chi connectivity index (χ2v) is 12.8. The maximum Gasteiger partial charge on any atom is 0.235 e. The predicted octanol–water partition coefficient (Wildman–Crippen LogP) is 6.60. The molecule has 2 heterocycles. The fourth-order valence-electron chi connectivity index (χ4n) is 5.18. The predicted molar refractivity (Wildman–Crippen MR) is 174 cm³/mol. The van der Waals surface area contributed by atoms with E-state index in [-0.39, 0.29) is 29.6 Å². The zero-order valence-electron chi connectivity index (χ0n) is 26.8. The van der Waals surface area contributed by atoms with Crippen molar-refractivity contribution >= 4 is 0 Å². The van der Waals surface area contributed by atoms with E-state index in [0.717, 1.165) is 41.4 Å². The summed E-state index contributed by atoms with van der Waals surface area (Å²) in [5, 5.41) is 10.3. The molecule has 242 valence electrons. The molecule has 8 nitrogen and oxygen atoms in total. The molecule has 4 aromatic carbocycles. The Labute approximate surface area is 270 Å². The van der Waals surface area contributed by atoms with Gasteiger partial charge in [-0.05, 0) is 70.8 Å². The number of aliphatic hydroxyl groups is 1. The zero-order valence-corrected chi connectivity index (χ0v) is 26.8. The molecule has 3 atom stereocenters. The normalized spacial score (nSPS) is 18.0. The van der Waals surface area contributed by atoms with Crippen molar-refractivity contribution in [2.75, 3.05) is 33.0 Å². The van der Waals surface area contributed by atoms with E-state index in [1.165, 1.54) is 5.56 Å². The molecule has 0 radical (unpaired) electrons. The van der Waals surface area contributed by atoms with Crippen LogP contribution in [0.2, 0.25) is 0 Å². The Bertz CT molecular complexity index is 1420. The minimum Gasteiger partial charge on any atom is -0.491 e. The van der Waals surface area contributed by atoms with Crippen molar-refractivity contribution in [3.63, 3.8) is 0 Å². The van der Waals surface area contributed by atoms with Crippen LogP contribution in [0.15, 0.2) is 97.1 Å². The van der Waals surface area contributed by atoms with Crippen LogP contribution in [0.4, 0.5) is 0 Å². The van der Waals surface area contributed by atoms with Gasteiger partial charge in [0.1, 0.15) is 49.3 Å². The van der Waals surface area contributed by atoms with Crippen molar-refractivity contribution < 1.29 is 38.6 Å². The van der Waals surface area contributed by atoms with Gasteiger partial charge in [-0.2, -0.15) is 4.89 Å². The zero-order chi connectivity index (χ0) is 32.1. The molecular weight excluding hydrogens is 584 g/mol. The quantitative estimate of drug-likeness (QED) is 0.0644. The summed E-state index contributed by atoms with van der Waals surface area (Å²) in [6.45, 7) is 11.3. The van der Waals surface area contributed by atoms with Gasteiger partial charge in [0.2, 0.25) is 6.29 Å². The van der Waals surface area contributed by atoms with Gasteiger partial charge in [-0.15, -0.1) is 0 Å². The van der Waals surface area contributed by atoms with Crippen LogP contribution in [0, 0.1) is 0 Å². The van der Waals surface area contributed by atoms with Crippen LogP contribution in [-0.4, -0.2) is 56.6 Å². The summed E-state index contributed by atoms with van der Waals surface area (Å²) in [4.78, 5) is 10.6. The lowest BCUT2D eigenvalue weighted by Gasteiger charge is -2.26. The third-order valence-corrected chi connectivity index (χ3v) is 8.63. The van der Waals surface area contributed by atoms with Gasteiger partial charge < -0.3 is 33.7 Å². The van der Waals surface area contributed by atoms with Gasteiger partial charge in [0.25, 0.3) is 0 Å². The summed E-state index contributed by atoms with van der Waals surface area (Å²) >= 11 is 0. The first-order valence-corrected chi connectivity index (χ1v) is 15.7. The Morgan fingerprint density at radius 3 is 1.24 bits per heavy atom. The number of benzene rings is 4. The van der Waals surface area contributed by atoms with Gasteiger partial charge in [0.15, 0.2) is 5.75 Å². The third-order valence-electron chi connectivity index (χ3n) is 8.63. The highest BCUT2D eigenvalue weighted by Crippen LogP contribution is 2.35. The molecule has 1 N–H and O–H groups in total. The van der Waals surface area contributed by atoms with Crippen LogP contribution in [-0.2, 0) is 25.2 Å². The van der Waals surface area contributed by atoms with Crippen molar-refractivity contribution in [2.45, 2.75) is 57.0 Å². The molecule has 0 amide bonds. The molecule has 6 rings (SSSR count). The summed E-state index contributed by atoms with van der Waals surface area (Å²) < 4.78 is 27.7. The molecule has 2 saturated heterocycles. The number of rotatable bonds is 16. The number of hydrogen-bond acceptors (Lipinski definition) is 8. The number of aliphatic hydroxyl groups excluding tert-OH is 1. The van der Waals surface area contributed by atoms with E-state index >= 15 is 0 Å². The first-order chi connectivity index (χ1) is 22.2. The van der Waals surface area contributed by atoms with Gasteiger partial charge in [0.05, 0.1) is 13.2 Å². The molecule has 4 aromatic rings. The topological polar surface area (TPSA) is 91.4 Å². The molecule has 2 fully saturated rings. The Morgan fingerprint density at radius 1 is 0.565 bits per heavy atom. The molecule has 0 aliphatic carbocycles. The van der Waals surface area contributed by atoms with Crippen LogP contribution >= 0.6 is 0 Å². The monoisotopic (exact) mass is 626 g/mol. The fraction of sp³-hybridized carbons (Fsp3) is 0.368. The second-order valence-electron chi connectivity index (χ2n) is 12.8. The smallest absolute Gasteiger partial charge is 0.235 e. The number of ether oxygens (including phenoxy) is 5. The van der Waals surface area contributed by atoms with E-state index in [0.29, 0.717) is 24.7 Å². The highest BCUT2D eigenvalue weighted by molar-refractivity contribution is 5.43. The minimum absolute atomic E-state index is 0.0887. The average molecular weight is 627 g/mol. The summed E-state index contributed by atoms with van der Waals surface area (Å²) in [7, 11) is 0. The van der Waals surface area contributed by atoms with E-state index in [4.69, 9.17) is 33.5 Å². The van der Waals surface area contributed by atoms with Gasteiger partial charge in [-0.3, -0.25) is 0 Å². The fourth-order valence-corrected chi connectivity index (χ4v) is 5.18. The number of epoxide rings is 2. The highest BCUT2D eigenvalue weighted by Gasteiger charge is 2.26. The second kappa shape index (κ2) is 13.7. The van der Waals surface area contributed by atoms with Crippen molar-refractivity contribution in [2.24, 2.45) is 0 Å². The molecule has 0 saturated carbocycles. The molecule has 0 spiro atoms. The van der Waals surface area contributed by atoms with Crippen LogP contribution < -0.4 is 19.1 Å². The Morgan fingerprint density at radius 2 is 0.891 bits per heavy atom. The third kappa shape index (κ3) is 8.19. The summed E-state index contributed by atoms with van der Waals surface area (Å²) in [6, 6.07) is 31.8. The standard InChI is InChI=1S/C38H42O8/c1-37(2,26-5-13-30(14-6-26)40-21-34-23-42-34)28-9-17-32(18-10-28)44-25-36(39)46-45-33-19-11-29(12-20-33)38(3,4)27-7-15-31(16-8-27)41-22-35-24-43-35/h5-20,34-36,39H,21-25H2,1-4H3. The summed E-state index contributed by atoms with van der Waals surface area (Å²) in [5.74, 6) is 2.78. The first-order valence-electron chi connectivity index (χ1n) is 15.7. The Hall–Kier alpha value is -4.08. The van der Waals surface area contributed by atoms with Crippen molar-refractivity contribution in [1.29, 1.82) is 0 Å². The molecule has 0 aromatic heterocycles. The SMILES string of the molecule is CC(C)(c1ccc(OCC(O)OOc2ccc(C(C)(C)c3ccc(OCC4CO4)cc3)cc2)cc1)c1ccc(OCC2CO2)cc1. The molecular formula is C38H42O8. The molecule has 2 aliphatic heterocycles. The Balaban J connectivity index is 0.952. The maximum atomic E-state index is 10.3. The van der Waals surface area contributed by atoms with Crippen LogP contribution in [0.3, 0.4) is 0 Å². The first kappa shape index (κ1) is 31.9. The van der Waals surface area contributed by atoms with Gasteiger partial charge in [-0.25, -0.2) is 0 Å². The number of hydrogen-bond donors (Lipinski definition) is 1. The van der Waals surface area contributed by atoms with Crippen LogP contribution in [0.5, 0.6) is 23.0 Å². The van der Waals surface area contributed by atoms with E-state index in [2.05, 4.69) is 52.0 Å². The van der Waals surface area contributed by atoms with E-state index < -0.39 is 6.29 Å². The Kier molecular flexibility index (Phi) is 9.52. The largest absolute Gasteiger partial charge is 0.491 e. The lowest BCUT2D eigenvalue weighted by atomic mass is 9.78. The molecule has 8 heteroatoms. The van der Waals surface area contributed by atoms with E-state index in [1.807, 2.05) is 72.8 Å². The highest BCUT2D eigenvalue weighted by atomic mass is 17.2. The average Bonchev–Trinajstić information content (AvgIpc) is 4.01. The minimum atomic E-state index is -1.27. The van der Waals surface area contributed by atoms with Crippen LogP contribution in [0.1, 0.15) is 49.9 Å². The summed E-state index contributed by atoms with van der Waals surface area (Å²) in [6.07, 6.45) is -0.807. The maximum absolute atomic E-state index is 10.3. The van der Waals surface area contributed by atoms with Crippen molar-refractivity contribution in [3.05, 3.63) is 119 Å². The van der Waals surface area contributed by atoms with Gasteiger partial charge >= 0.3 is 0 Å². The van der Waals surface area contributed by atoms with E-state index in [9.17, 15) is 5.11 Å². The molecule has 0 bridgehead atoms. The lowest BCUT2D eigenvalue weighted by molar-refractivity contribution is -0.311. The summed E-state index contributed by atoms with van der Waals surface area (Å²) in [5.41, 5.74) is 4.13.